The van der Waals surface area contributed by atoms with E-state index in [0.717, 1.165) is 10.9 Å². The molecule has 0 unspecified atom stereocenters. The number of ether oxygens (including phenoxy) is 2. The number of nitriles is 1. The highest BCUT2D eigenvalue weighted by Gasteiger charge is 2.21. The van der Waals surface area contributed by atoms with Gasteiger partial charge in [0, 0.05) is 11.5 Å². The second-order valence-electron chi connectivity index (χ2n) is 3.91. The Morgan fingerprint density at radius 3 is 2.88 bits per heavy atom. The molecule has 1 aliphatic rings. The molecule has 0 spiro atoms. The third-order valence-electron chi connectivity index (χ3n) is 2.71. The highest BCUT2D eigenvalue weighted by atomic mass is 16.6. The average molecular weight is 226 g/mol. The van der Waals surface area contributed by atoms with E-state index < -0.39 is 0 Å². The number of benzene rings is 1. The van der Waals surface area contributed by atoms with Gasteiger partial charge in [0.25, 0.3) is 0 Å². The minimum Gasteiger partial charge on any atom is -0.469 e. The quantitative estimate of drug-likeness (QED) is 0.784. The summed E-state index contributed by atoms with van der Waals surface area (Å²) in [6, 6.07) is 11.4. The van der Waals surface area contributed by atoms with Gasteiger partial charge in [-0.15, -0.1) is 0 Å². The maximum Gasteiger partial charge on any atom is 0.215 e. The molecule has 0 amide bonds. The van der Waals surface area contributed by atoms with Crippen LogP contribution in [-0.4, -0.2) is 24.3 Å². The first kappa shape index (κ1) is 10.1. The number of hydrogen-bond donors (Lipinski definition) is 0. The highest BCUT2D eigenvalue weighted by molar-refractivity contribution is 5.85. The summed E-state index contributed by atoms with van der Waals surface area (Å²) in [6.45, 7) is 1.19. The SMILES string of the molecule is N#Cc1cc(OC2COC2)nc2ccccc12. The first-order valence-electron chi connectivity index (χ1n) is 5.41. The molecule has 0 radical (unpaired) electrons. The molecule has 0 atom stereocenters. The zero-order chi connectivity index (χ0) is 11.7. The summed E-state index contributed by atoms with van der Waals surface area (Å²) >= 11 is 0. The van der Waals surface area contributed by atoms with E-state index in [2.05, 4.69) is 11.1 Å². The highest BCUT2D eigenvalue weighted by Crippen LogP contribution is 2.22. The molecular formula is C13H10N2O2. The van der Waals surface area contributed by atoms with Gasteiger partial charge in [-0.25, -0.2) is 4.98 Å². The molecule has 0 aliphatic carbocycles. The Morgan fingerprint density at radius 2 is 2.18 bits per heavy atom. The lowest BCUT2D eigenvalue weighted by Gasteiger charge is -2.26. The number of nitrogens with zero attached hydrogens (tertiary/aromatic N) is 2. The number of aromatic nitrogens is 1. The number of rotatable bonds is 2. The van der Waals surface area contributed by atoms with Crippen LogP contribution in [-0.2, 0) is 4.74 Å². The molecule has 2 heterocycles. The predicted octanol–water partition coefficient (Wildman–Crippen LogP) is 1.88. The second-order valence-corrected chi connectivity index (χ2v) is 3.91. The van der Waals surface area contributed by atoms with Crippen LogP contribution in [0.3, 0.4) is 0 Å². The smallest absolute Gasteiger partial charge is 0.215 e. The Kier molecular flexibility index (Phi) is 2.39. The summed E-state index contributed by atoms with van der Waals surface area (Å²) < 4.78 is 10.6. The van der Waals surface area contributed by atoms with Crippen molar-refractivity contribution >= 4 is 10.9 Å². The average Bonchev–Trinajstić information content (AvgIpc) is 2.33. The van der Waals surface area contributed by atoms with Gasteiger partial charge in [-0.05, 0) is 6.07 Å². The molecule has 1 saturated heterocycles. The summed E-state index contributed by atoms with van der Waals surface area (Å²) in [5.74, 6) is 0.494. The van der Waals surface area contributed by atoms with Crippen molar-refractivity contribution in [3.05, 3.63) is 35.9 Å². The van der Waals surface area contributed by atoms with Crippen LogP contribution < -0.4 is 4.74 Å². The van der Waals surface area contributed by atoms with Crippen LogP contribution in [0.15, 0.2) is 30.3 Å². The lowest BCUT2D eigenvalue weighted by molar-refractivity contribution is -0.0812. The molecule has 0 N–H and O–H groups in total. The van der Waals surface area contributed by atoms with Crippen LogP contribution in [0.1, 0.15) is 5.56 Å². The number of para-hydroxylation sites is 1. The lowest BCUT2D eigenvalue weighted by atomic mass is 10.1. The largest absolute Gasteiger partial charge is 0.469 e. The molecule has 2 aromatic rings. The van der Waals surface area contributed by atoms with Crippen molar-refractivity contribution in [1.29, 1.82) is 5.26 Å². The molecule has 0 saturated carbocycles. The minimum atomic E-state index is 0.0650. The van der Waals surface area contributed by atoms with Crippen molar-refractivity contribution in [3.8, 4) is 11.9 Å². The Morgan fingerprint density at radius 1 is 1.35 bits per heavy atom. The van der Waals surface area contributed by atoms with E-state index in [-0.39, 0.29) is 6.10 Å². The fraction of sp³-hybridized carbons (Fsp3) is 0.231. The Bertz CT molecular complexity index is 600. The number of hydrogen-bond acceptors (Lipinski definition) is 4. The molecule has 17 heavy (non-hydrogen) atoms. The zero-order valence-corrected chi connectivity index (χ0v) is 9.09. The molecule has 3 rings (SSSR count). The second kappa shape index (κ2) is 4.04. The predicted molar refractivity (Wildman–Crippen MR) is 61.7 cm³/mol. The minimum absolute atomic E-state index is 0.0650. The van der Waals surface area contributed by atoms with E-state index in [9.17, 15) is 0 Å². The summed E-state index contributed by atoms with van der Waals surface area (Å²) in [4.78, 5) is 4.38. The monoisotopic (exact) mass is 226 g/mol. The molecular weight excluding hydrogens is 216 g/mol. The molecule has 1 aromatic carbocycles. The van der Waals surface area contributed by atoms with Gasteiger partial charge in [0.2, 0.25) is 5.88 Å². The number of fused-ring (bicyclic) bond motifs is 1. The van der Waals surface area contributed by atoms with E-state index in [1.54, 1.807) is 6.07 Å². The topological polar surface area (TPSA) is 55.1 Å². The maximum atomic E-state index is 9.11. The van der Waals surface area contributed by atoms with E-state index in [4.69, 9.17) is 14.7 Å². The van der Waals surface area contributed by atoms with Crippen molar-refractivity contribution in [2.45, 2.75) is 6.10 Å². The molecule has 84 valence electrons. The fourth-order valence-corrected chi connectivity index (χ4v) is 1.76. The lowest BCUT2D eigenvalue weighted by Crippen LogP contribution is -2.38. The first-order chi connectivity index (χ1) is 8.36. The van der Waals surface area contributed by atoms with Crippen molar-refractivity contribution < 1.29 is 9.47 Å². The van der Waals surface area contributed by atoms with Gasteiger partial charge < -0.3 is 9.47 Å². The van der Waals surface area contributed by atoms with E-state index in [1.165, 1.54) is 0 Å². The van der Waals surface area contributed by atoms with E-state index in [1.807, 2.05) is 24.3 Å². The van der Waals surface area contributed by atoms with Crippen LogP contribution in [0.5, 0.6) is 5.88 Å². The molecule has 0 bridgehead atoms. The van der Waals surface area contributed by atoms with Gasteiger partial charge in [-0.3, -0.25) is 0 Å². The Hall–Kier alpha value is -2.12. The van der Waals surface area contributed by atoms with Crippen LogP contribution in [0.25, 0.3) is 10.9 Å². The van der Waals surface area contributed by atoms with Gasteiger partial charge in [0.15, 0.2) is 0 Å². The molecule has 1 aromatic heterocycles. The fourth-order valence-electron chi connectivity index (χ4n) is 1.76. The van der Waals surface area contributed by atoms with Gasteiger partial charge in [-0.1, -0.05) is 18.2 Å². The van der Waals surface area contributed by atoms with Crippen molar-refractivity contribution in [2.75, 3.05) is 13.2 Å². The van der Waals surface area contributed by atoms with Crippen molar-refractivity contribution in [1.82, 2.24) is 4.98 Å². The van der Waals surface area contributed by atoms with E-state index >= 15 is 0 Å². The van der Waals surface area contributed by atoms with Crippen molar-refractivity contribution in [3.63, 3.8) is 0 Å². The normalized spacial score (nSPS) is 15.2. The van der Waals surface area contributed by atoms with Crippen LogP contribution >= 0.6 is 0 Å². The van der Waals surface area contributed by atoms with Gasteiger partial charge in [0.1, 0.15) is 12.2 Å². The maximum absolute atomic E-state index is 9.11. The van der Waals surface area contributed by atoms with Crippen molar-refractivity contribution in [2.24, 2.45) is 0 Å². The summed E-state index contributed by atoms with van der Waals surface area (Å²) in [7, 11) is 0. The van der Waals surface area contributed by atoms with Crippen LogP contribution in [0.2, 0.25) is 0 Å². The molecule has 1 fully saturated rings. The summed E-state index contributed by atoms with van der Waals surface area (Å²) in [5.41, 5.74) is 1.37. The molecule has 1 aliphatic heterocycles. The third kappa shape index (κ3) is 1.81. The Labute approximate surface area is 98.4 Å². The van der Waals surface area contributed by atoms with Gasteiger partial charge >= 0.3 is 0 Å². The third-order valence-corrected chi connectivity index (χ3v) is 2.71. The van der Waals surface area contributed by atoms with Gasteiger partial charge in [-0.2, -0.15) is 5.26 Å². The zero-order valence-electron chi connectivity index (χ0n) is 9.09. The standard InChI is InChI=1S/C13H10N2O2/c14-6-9-5-13(17-10-7-16-8-10)15-12-4-2-1-3-11(9)12/h1-5,10H,7-8H2. The molecule has 4 nitrogen and oxygen atoms in total. The van der Waals surface area contributed by atoms with Crippen LogP contribution in [0, 0.1) is 11.3 Å². The van der Waals surface area contributed by atoms with E-state index in [0.29, 0.717) is 24.7 Å². The number of pyridine rings is 1. The first-order valence-corrected chi connectivity index (χ1v) is 5.41. The van der Waals surface area contributed by atoms with Gasteiger partial charge in [0.05, 0.1) is 24.3 Å². The molecule has 4 heteroatoms. The van der Waals surface area contributed by atoms with Crippen LogP contribution in [0.4, 0.5) is 0 Å². The summed E-state index contributed by atoms with van der Waals surface area (Å²) in [5, 5.41) is 9.96. The Balaban J connectivity index is 2.05. The summed E-state index contributed by atoms with van der Waals surface area (Å²) in [6.07, 6.45) is 0.0650.